The molecule has 0 spiro atoms. The van der Waals surface area contributed by atoms with E-state index < -0.39 is 18.9 Å². The zero-order valence-corrected chi connectivity index (χ0v) is 21.0. The smallest absolute Gasteiger partial charge is 0.219 e. The Morgan fingerprint density at radius 3 is 1.09 bits per heavy atom. The quantitative estimate of drug-likeness (QED) is 0.259. The molecule has 0 radical (unpaired) electrons. The van der Waals surface area contributed by atoms with Gasteiger partial charge in [-0.1, -0.05) is 77.8 Å². The van der Waals surface area contributed by atoms with Crippen LogP contribution in [0.5, 0.6) is 0 Å². The van der Waals surface area contributed by atoms with Gasteiger partial charge in [-0.15, -0.1) is 0 Å². The van der Waals surface area contributed by atoms with Crippen molar-refractivity contribution in [2.75, 3.05) is 0 Å². The van der Waals surface area contributed by atoms with Crippen LogP contribution in [-0.4, -0.2) is 16.8 Å². The van der Waals surface area contributed by atoms with E-state index in [1.165, 1.54) is 24.3 Å². The molecular formula is C24H19Cl3O4S2. The zero-order chi connectivity index (χ0) is 24.3. The lowest BCUT2D eigenvalue weighted by Crippen LogP contribution is -2.01. The first-order chi connectivity index (χ1) is 15.6. The first kappa shape index (κ1) is 26.9. The summed E-state index contributed by atoms with van der Waals surface area (Å²) in [7, 11) is -1.91. The molecule has 0 unspecified atom stereocenters. The molecule has 33 heavy (non-hydrogen) atoms. The van der Waals surface area contributed by atoms with Crippen LogP contribution in [0.1, 0.15) is 0 Å². The summed E-state index contributed by atoms with van der Waals surface area (Å²) in [5, 5.41) is 1.31. The van der Waals surface area contributed by atoms with Crippen molar-refractivity contribution in [1.29, 1.82) is 0 Å². The maximum absolute atomic E-state index is 12.1. The van der Waals surface area contributed by atoms with Crippen LogP contribution in [0.2, 0.25) is 10.0 Å². The van der Waals surface area contributed by atoms with E-state index in [0.29, 0.717) is 5.02 Å². The molecule has 0 saturated carbocycles. The minimum Gasteiger partial charge on any atom is -0.219 e. The largest absolute Gasteiger partial charge is 0.261 e. The zero-order valence-electron chi connectivity index (χ0n) is 17.1. The molecule has 0 aliphatic heterocycles. The van der Waals surface area contributed by atoms with Crippen molar-refractivity contribution >= 4 is 52.8 Å². The van der Waals surface area contributed by atoms with Crippen LogP contribution in [0.4, 0.5) is 0 Å². The van der Waals surface area contributed by atoms with Gasteiger partial charge < -0.3 is 0 Å². The van der Waals surface area contributed by atoms with Crippen LogP contribution < -0.4 is 0 Å². The number of benzene rings is 4. The molecule has 0 atom stereocenters. The SMILES string of the molecule is Clc1ccccc1.O=S(=O)(Cl)c1ccccc1.O=S(=O)(c1ccccc1)c1ccc(Cl)cc1. The van der Waals surface area contributed by atoms with Gasteiger partial charge in [0.25, 0.3) is 9.05 Å². The molecule has 0 aliphatic carbocycles. The summed E-state index contributed by atoms with van der Waals surface area (Å²) in [6, 6.07) is 31.8. The molecule has 172 valence electrons. The van der Waals surface area contributed by atoms with Crippen LogP contribution in [0.15, 0.2) is 130 Å². The monoisotopic (exact) mass is 540 g/mol. The van der Waals surface area contributed by atoms with Crippen molar-refractivity contribution in [2.24, 2.45) is 0 Å². The summed E-state index contributed by atoms with van der Waals surface area (Å²) in [4.78, 5) is 0.678. The van der Waals surface area contributed by atoms with E-state index in [2.05, 4.69) is 0 Å². The number of hydrogen-bond acceptors (Lipinski definition) is 4. The molecular weight excluding hydrogens is 523 g/mol. The van der Waals surface area contributed by atoms with Crippen LogP contribution in [0.3, 0.4) is 0 Å². The van der Waals surface area contributed by atoms with Gasteiger partial charge in [-0.05, 0) is 60.7 Å². The second-order valence-corrected chi connectivity index (χ2v) is 11.7. The first-order valence-electron chi connectivity index (χ1n) is 9.36. The molecule has 4 rings (SSSR count). The highest BCUT2D eigenvalue weighted by Crippen LogP contribution is 2.21. The minimum atomic E-state index is -3.53. The average Bonchev–Trinajstić information content (AvgIpc) is 2.81. The van der Waals surface area contributed by atoms with Gasteiger partial charge in [-0.25, -0.2) is 16.8 Å². The maximum Gasteiger partial charge on any atom is 0.261 e. The van der Waals surface area contributed by atoms with Crippen molar-refractivity contribution in [3.63, 3.8) is 0 Å². The highest BCUT2D eigenvalue weighted by atomic mass is 35.7. The van der Waals surface area contributed by atoms with Crippen molar-refractivity contribution in [3.05, 3.63) is 125 Å². The second kappa shape index (κ2) is 12.8. The predicted molar refractivity (Wildman–Crippen MR) is 134 cm³/mol. The van der Waals surface area contributed by atoms with E-state index in [9.17, 15) is 16.8 Å². The van der Waals surface area contributed by atoms with Gasteiger partial charge in [0, 0.05) is 20.7 Å². The van der Waals surface area contributed by atoms with Crippen LogP contribution >= 0.6 is 33.9 Å². The lowest BCUT2D eigenvalue weighted by molar-refractivity contribution is 0.596. The van der Waals surface area contributed by atoms with Gasteiger partial charge in [-0.2, -0.15) is 0 Å². The summed E-state index contributed by atoms with van der Waals surface area (Å²) in [5.74, 6) is 0. The number of halogens is 3. The molecule has 4 aromatic carbocycles. The Kier molecular flexibility index (Phi) is 10.4. The first-order valence-corrected chi connectivity index (χ1v) is 13.9. The van der Waals surface area contributed by atoms with E-state index >= 15 is 0 Å². The Bertz CT molecular complexity index is 1330. The molecule has 9 heteroatoms. The topological polar surface area (TPSA) is 68.3 Å². The standard InChI is InChI=1S/C12H9ClO2S.C6H5ClO2S.C6H5Cl/c13-10-6-8-12(9-7-10)16(14,15)11-4-2-1-3-5-11;7-10(8,9)6-4-2-1-3-5-6;7-6-4-2-1-3-5-6/h1-9H;1-5H;1-5H. The molecule has 0 aliphatic rings. The molecule has 0 fully saturated rings. The van der Waals surface area contributed by atoms with Crippen molar-refractivity contribution in [2.45, 2.75) is 14.7 Å². The van der Waals surface area contributed by atoms with Crippen molar-refractivity contribution < 1.29 is 16.8 Å². The highest BCUT2D eigenvalue weighted by molar-refractivity contribution is 8.13. The minimum absolute atomic E-state index is 0.136. The molecule has 0 saturated heterocycles. The Morgan fingerprint density at radius 2 is 0.758 bits per heavy atom. The van der Waals surface area contributed by atoms with Crippen molar-refractivity contribution in [3.8, 4) is 0 Å². The molecule has 4 aromatic rings. The number of hydrogen-bond donors (Lipinski definition) is 0. The lowest BCUT2D eigenvalue weighted by Gasteiger charge is -2.03. The van der Waals surface area contributed by atoms with Gasteiger partial charge in [0.15, 0.2) is 0 Å². The normalized spacial score (nSPS) is 10.8. The summed E-state index contributed by atoms with van der Waals surface area (Å²) in [6.07, 6.45) is 0. The third-order valence-corrected chi connectivity index (χ3v) is 7.59. The summed E-state index contributed by atoms with van der Waals surface area (Å²) < 4.78 is 45.4. The lowest BCUT2D eigenvalue weighted by atomic mass is 10.4. The van der Waals surface area contributed by atoms with E-state index in [1.807, 2.05) is 30.3 Å². The summed E-state index contributed by atoms with van der Waals surface area (Å²) >= 11 is 11.3. The Hall–Kier alpha value is -2.35. The van der Waals surface area contributed by atoms with Crippen LogP contribution in [-0.2, 0) is 18.9 Å². The molecule has 0 heterocycles. The fraction of sp³-hybridized carbons (Fsp3) is 0. The average molecular weight is 542 g/mol. The fourth-order valence-corrected chi connectivity index (χ4v) is 4.69. The van der Waals surface area contributed by atoms with Gasteiger partial charge in [0.05, 0.1) is 14.7 Å². The van der Waals surface area contributed by atoms with E-state index in [0.717, 1.165) is 5.02 Å². The molecule has 0 bridgehead atoms. The number of sulfone groups is 1. The van der Waals surface area contributed by atoms with Gasteiger partial charge in [0.1, 0.15) is 0 Å². The van der Waals surface area contributed by atoms with Gasteiger partial charge in [-0.3, -0.25) is 0 Å². The predicted octanol–water partition coefficient (Wildman–Crippen LogP) is 7.13. The second-order valence-electron chi connectivity index (χ2n) is 6.32. The third-order valence-electron chi connectivity index (χ3n) is 3.94. The van der Waals surface area contributed by atoms with Gasteiger partial charge >= 0.3 is 0 Å². The van der Waals surface area contributed by atoms with Crippen molar-refractivity contribution in [1.82, 2.24) is 0 Å². The molecule has 0 N–H and O–H groups in total. The van der Waals surface area contributed by atoms with Crippen LogP contribution in [0, 0.1) is 0 Å². The highest BCUT2D eigenvalue weighted by Gasteiger charge is 2.16. The molecule has 0 amide bonds. The maximum atomic E-state index is 12.1. The van der Waals surface area contributed by atoms with E-state index in [4.69, 9.17) is 33.9 Å². The summed E-state index contributed by atoms with van der Waals surface area (Å²) in [6.45, 7) is 0. The van der Waals surface area contributed by atoms with Crippen LogP contribution in [0.25, 0.3) is 0 Å². The Balaban J connectivity index is 0.000000193. The third kappa shape index (κ3) is 9.20. The summed E-state index contributed by atoms with van der Waals surface area (Å²) in [5.41, 5.74) is 0. The molecule has 4 nitrogen and oxygen atoms in total. The molecule has 0 aromatic heterocycles. The van der Waals surface area contributed by atoms with E-state index in [1.54, 1.807) is 60.7 Å². The fourth-order valence-electron chi connectivity index (χ4n) is 2.35. The van der Waals surface area contributed by atoms with E-state index in [-0.39, 0.29) is 14.7 Å². The Labute approximate surface area is 208 Å². The number of rotatable bonds is 3. The van der Waals surface area contributed by atoms with Gasteiger partial charge in [0.2, 0.25) is 9.84 Å². The Morgan fingerprint density at radius 1 is 0.424 bits per heavy atom.